The lowest BCUT2D eigenvalue weighted by Gasteiger charge is -2.16. The lowest BCUT2D eigenvalue weighted by atomic mass is 9.90. The number of hydrogen-bond donors (Lipinski definition) is 1. The second-order valence-electron chi connectivity index (χ2n) is 7.04. The van der Waals surface area contributed by atoms with Crippen molar-refractivity contribution in [1.29, 1.82) is 0 Å². The Morgan fingerprint density at radius 2 is 1.72 bits per heavy atom. The molecule has 1 N–H and O–H groups in total. The topological polar surface area (TPSA) is 53.9 Å². The first kappa shape index (κ1) is 22.2. The van der Waals surface area contributed by atoms with Crippen LogP contribution in [-0.2, 0) is 0 Å². The van der Waals surface area contributed by atoms with Gasteiger partial charge in [-0.1, -0.05) is 41.9 Å². The highest BCUT2D eigenvalue weighted by Gasteiger charge is 2.32. The van der Waals surface area contributed by atoms with E-state index in [2.05, 4.69) is 31.1 Å². The number of ether oxygens (including phenoxy) is 1. The molecule has 0 spiro atoms. The second-order valence-corrected chi connectivity index (χ2v) is 8.40. The Balaban J connectivity index is 1.60. The van der Waals surface area contributed by atoms with E-state index in [0.717, 1.165) is 5.56 Å². The summed E-state index contributed by atoms with van der Waals surface area (Å²) in [6.45, 7) is 0.330. The normalized spacial score (nSPS) is 15.9. The van der Waals surface area contributed by atoms with Gasteiger partial charge in [0.05, 0.1) is 12.3 Å². The Kier molecular flexibility index (Phi) is 6.43. The molecule has 2 amide bonds. The van der Waals surface area contributed by atoms with Crippen molar-refractivity contribution < 1.29 is 18.3 Å². The van der Waals surface area contributed by atoms with Gasteiger partial charge in [0.25, 0.3) is 0 Å². The SMILES string of the molecule is O=C(Nc1ccc(Cl)cc1)N1CC(c2ccccc2)C(c2ccc(OC(F)(F)Br)cc2)=N1. The fraction of sp³-hybridized carbons (Fsp3) is 0.130. The largest absolute Gasteiger partial charge is 0.459 e. The maximum Gasteiger partial charge on any atom is 0.459 e. The van der Waals surface area contributed by atoms with Gasteiger partial charge >= 0.3 is 11.0 Å². The van der Waals surface area contributed by atoms with E-state index in [4.69, 9.17) is 11.6 Å². The summed E-state index contributed by atoms with van der Waals surface area (Å²) in [5, 5.41) is 5.82. The summed E-state index contributed by atoms with van der Waals surface area (Å²) in [5.74, 6) is -0.181. The highest BCUT2D eigenvalue weighted by Crippen LogP contribution is 2.31. The van der Waals surface area contributed by atoms with Crippen LogP contribution in [0.25, 0.3) is 0 Å². The number of carbonyl (C=O) groups excluding carboxylic acids is 1. The van der Waals surface area contributed by atoms with Crippen LogP contribution in [0.3, 0.4) is 0 Å². The average Bonchev–Trinajstić information content (AvgIpc) is 3.21. The molecule has 1 unspecified atom stereocenters. The van der Waals surface area contributed by atoms with Crippen molar-refractivity contribution >= 4 is 45.0 Å². The van der Waals surface area contributed by atoms with Gasteiger partial charge in [-0.2, -0.15) is 13.9 Å². The molecule has 3 aromatic rings. The Bertz CT molecular complexity index is 1120. The number of carbonyl (C=O) groups is 1. The molecule has 0 aromatic heterocycles. The van der Waals surface area contributed by atoms with Crippen LogP contribution in [0.4, 0.5) is 19.3 Å². The van der Waals surface area contributed by atoms with Crippen LogP contribution in [-0.4, -0.2) is 28.3 Å². The van der Waals surface area contributed by atoms with Crippen molar-refractivity contribution in [3.05, 3.63) is 95.0 Å². The van der Waals surface area contributed by atoms with Gasteiger partial charge in [-0.25, -0.2) is 9.80 Å². The number of halogens is 4. The summed E-state index contributed by atoms with van der Waals surface area (Å²) >= 11 is 8.05. The van der Waals surface area contributed by atoms with Crippen molar-refractivity contribution in [3.8, 4) is 5.75 Å². The van der Waals surface area contributed by atoms with E-state index in [1.54, 1.807) is 36.4 Å². The molecule has 1 aliphatic heterocycles. The van der Waals surface area contributed by atoms with Crippen molar-refractivity contribution in [1.82, 2.24) is 5.01 Å². The number of hydrogen-bond acceptors (Lipinski definition) is 3. The van der Waals surface area contributed by atoms with Gasteiger partial charge in [0.15, 0.2) is 0 Å². The molecule has 4 rings (SSSR count). The van der Waals surface area contributed by atoms with Crippen LogP contribution < -0.4 is 10.1 Å². The molecule has 5 nitrogen and oxygen atoms in total. The zero-order chi connectivity index (χ0) is 22.7. The fourth-order valence-electron chi connectivity index (χ4n) is 3.38. The molecule has 0 saturated heterocycles. The minimum atomic E-state index is -3.46. The number of rotatable bonds is 5. The van der Waals surface area contributed by atoms with Crippen molar-refractivity contribution in [3.63, 3.8) is 0 Å². The maximum atomic E-state index is 13.0. The molecule has 0 fully saturated rings. The fourth-order valence-corrected chi connectivity index (χ4v) is 3.70. The monoisotopic (exact) mass is 519 g/mol. The highest BCUT2D eigenvalue weighted by molar-refractivity contribution is 9.09. The van der Waals surface area contributed by atoms with Crippen molar-refractivity contribution in [2.45, 2.75) is 10.9 Å². The van der Waals surface area contributed by atoms with E-state index in [-0.39, 0.29) is 17.7 Å². The standard InChI is InChI=1S/C23H17BrClF2N3O2/c24-23(26,27)32-19-12-6-16(7-13-19)21-20(15-4-2-1-3-5-15)14-30(29-21)22(31)28-18-10-8-17(25)9-11-18/h1-13,20H,14H2,(H,28,31). The number of urea groups is 1. The van der Waals surface area contributed by atoms with Crippen molar-refractivity contribution in [2.24, 2.45) is 5.10 Å². The van der Waals surface area contributed by atoms with Crippen LogP contribution in [0, 0.1) is 0 Å². The van der Waals surface area contributed by atoms with Gasteiger partial charge in [0.2, 0.25) is 0 Å². The van der Waals surface area contributed by atoms with E-state index in [0.29, 0.717) is 28.5 Å². The van der Waals surface area contributed by atoms with Crippen molar-refractivity contribution in [2.75, 3.05) is 11.9 Å². The van der Waals surface area contributed by atoms with E-state index in [9.17, 15) is 13.6 Å². The molecular formula is C23H17BrClF2N3O2. The lowest BCUT2D eigenvalue weighted by molar-refractivity contribution is -0.0803. The molecule has 1 atom stereocenters. The number of nitrogens with zero attached hydrogens (tertiary/aromatic N) is 2. The lowest BCUT2D eigenvalue weighted by Crippen LogP contribution is -2.30. The molecule has 0 bridgehead atoms. The van der Waals surface area contributed by atoms with E-state index in [1.807, 2.05) is 30.3 Å². The summed E-state index contributed by atoms with van der Waals surface area (Å²) < 4.78 is 30.6. The minimum Gasteiger partial charge on any atom is -0.424 e. The van der Waals surface area contributed by atoms with Gasteiger partial charge in [-0.05, 0) is 59.7 Å². The average molecular weight is 521 g/mol. The van der Waals surface area contributed by atoms with Crippen LogP contribution in [0.1, 0.15) is 17.0 Å². The Morgan fingerprint density at radius 3 is 2.34 bits per heavy atom. The molecule has 1 heterocycles. The van der Waals surface area contributed by atoms with Crippen LogP contribution in [0.5, 0.6) is 5.75 Å². The summed E-state index contributed by atoms with van der Waals surface area (Å²) in [6.07, 6.45) is 0. The van der Waals surface area contributed by atoms with Gasteiger partial charge in [-0.3, -0.25) is 0 Å². The number of amides is 2. The Morgan fingerprint density at radius 1 is 1.06 bits per heavy atom. The number of hydrazone groups is 1. The molecule has 3 aromatic carbocycles. The Hall–Kier alpha value is -2.97. The molecule has 1 aliphatic rings. The minimum absolute atomic E-state index is 0.00261. The molecule has 164 valence electrons. The van der Waals surface area contributed by atoms with Crippen LogP contribution in [0.15, 0.2) is 84.0 Å². The van der Waals surface area contributed by atoms with E-state index in [1.165, 1.54) is 17.1 Å². The summed E-state index contributed by atoms with van der Waals surface area (Å²) in [6, 6.07) is 22.2. The third kappa shape index (κ3) is 5.44. The number of benzene rings is 3. The first-order valence-corrected chi connectivity index (χ1v) is 10.8. The van der Waals surface area contributed by atoms with Crippen LogP contribution in [0.2, 0.25) is 5.02 Å². The van der Waals surface area contributed by atoms with Gasteiger partial charge in [0.1, 0.15) is 5.75 Å². The predicted octanol–water partition coefficient (Wildman–Crippen LogP) is 6.70. The Labute approximate surface area is 196 Å². The first-order chi connectivity index (χ1) is 15.3. The van der Waals surface area contributed by atoms with Gasteiger partial charge in [0, 0.05) is 32.6 Å². The molecule has 0 aliphatic carbocycles. The number of nitrogens with one attached hydrogen (secondary N) is 1. The molecule has 0 saturated carbocycles. The van der Waals surface area contributed by atoms with E-state index < -0.39 is 5.02 Å². The second kappa shape index (κ2) is 9.26. The summed E-state index contributed by atoms with van der Waals surface area (Å²) in [7, 11) is 0. The molecule has 32 heavy (non-hydrogen) atoms. The zero-order valence-corrected chi connectivity index (χ0v) is 18.9. The molecular weight excluding hydrogens is 504 g/mol. The van der Waals surface area contributed by atoms with E-state index >= 15 is 0 Å². The van der Waals surface area contributed by atoms with Gasteiger partial charge in [-0.15, -0.1) is 0 Å². The third-order valence-corrected chi connectivity index (χ3v) is 5.24. The highest BCUT2D eigenvalue weighted by atomic mass is 79.9. The van der Waals surface area contributed by atoms with Crippen LogP contribution >= 0.6 is 27.5 Å². The molecule has 9 heteroatoms. The third-order valence-electron chi connectivity index (χ3n) is 4.83. The zero-order valence-electron chi connectivity index (χ0n) is 16.5. The maximum absolute atomic E-state index is 13.0. The quantitative estimate of drug-likeness (QED) is 0.381. The first-order valence-electron chi connectivity index (χ1n) is 9.62. The smallest absolute Gasteiger partial charge is 0.424 e. The summed E-state index contributed by atoms with van der Waals surface area (Å²) in [5.41, 5.74) is 2.93. The number of alkyl halides is 3. The predicted molar refractivity (Wildman–Crippen MR) is 124 cm³/mol. The summed E-state index contributed by atoms with van der Waals surface area (Å²) in [4.78, 5) is 12.8. The molecule has 0 radical (unpaired) electrons. The number of anilines is 1. The van der Waals surface area contributed by atoms with Gasteiger partial charge < -0.3 is 10.1 Å².